The van der Waals surface area contributed by atoms with E-state index in [0.717, 1.165) is 5.69 Å². The number of ether oxygens (including phenoxy) is 1. The lowest BCUT2D eigenvalue weighted by molar-refractivity contribution is 0.0525. The number of hydrogen-bond acceptors (Lipinski definition) is 4. The Balaban J connectivity index is 2.20. The molecule has 0 saturated carbocycles. The molecule has 1 aromatic heterocycles. The normalized spacial score (nSPS) is 10.4. The van der Waals surface area contributed by atoms with Crippen LogP contribution in [0.15, 0.2) is 30.3 Å². The van der Waals surface area contributed by atoms with Gasteiger partial charge in [0.15, 0.2) is 5.78 Å². The number of benzene rings is 1. The molecule has 0 fully saturated rings. The molecule has 5 heteroatoms. The van der Waals surface area contributed by atoms with Gasteiger partial charge in [-0.2, -0.15) is 0 Å². The fourth-order valence-electron chi connectivity index (χ4n) is 2.61. The molecule has 0 amide bonds. The number of aryl methyl sites for hydroxylation is 1. The smallest absolute Gasteiger partial charge is 0.340 e. The largest absolute Gasteiger partial charge is 0.462 e. The van der Waals surface area contributed by atoms with Crippen LogP contribution in [0.5, 0.6) is 0 Å². The molecule has 23 heavy (non-hydrogen) atoms. The predicted octanol–water partition coefficient (Wildman–Crippen LogP) is 3.13. The molecule has 1 aromatic carbocycles. The van der Waals surface area contributed by atoms with Gasteiger partial charge in [0, 0.05) is 18.4 Å². The maximum absolute atomic E-state index is 12.6. The molecular weight excluding hydrogens is 292 g/mol. The van der Waals surface area contributed by atoms with E-state index in [2.05, 4.69) is 4.98 Å². The summed E-state index contributed by atoms with van der Waals surface area (Å²) in [6.45, 7) is 5.84. The monoisotopic (exact) mass is 314 g/mol. The van der Waals surface area contributed by atoms with Crippen LogP contribution in [-0.4, -0.2) is 36.9 Å². The van der Waals surface area contributed by atoms with Crippen molar-refractivity contribution in [3.63, 3.8) is 0 Å². The molecule has 2 aromatic rings. The van der Waals surface area contributed by atoms with E-state index >= 15 is 0 Å². The first-order valence-corrected chi connectivity index (χ1v) is 7.61. The average Bonchev–Trinajstić information content (AvgIpc) is 2.83. The highest BCUT2D eigenvalue weighted by Gasteiger charge is 2.23. The van der Waals surface area contributed by atoms with Crippen LogP contribution < -0.4 is 4.90 Å². The lowest BCUT2D eigenvalue weighted by atomic mass is 10.1. The molecule has 0 spiro atoms. The van der Waals surface area contributed by atoms with Gasteiger partial charge in [-0.1, -0.05) is 18.2 Å². The minimum Gasteiger partial charge on any atom is -0.462 e. The highest BCUT2D eigenvalue weighted by Crippen LogP contribution is 2.20. The van der Waals surface area contributed by atoms with E-state index in [1.807, 2.05) is 42.3 Å². The SMILES string of the molecule is CCOC(=O)c1c(C)[nH]c(C(=O)CN(C)c2ccccc2)c1C. The molecule has 0 aliphatic rings. The van der Waals surface area contributed by atoms with Gasteiger partial charge in [-0.05, 0) is 38.5 Å². The Bertz CT molecular complexity index is 705. The van der Waals surface area contributed by atoms with Crippen molar-refractivity contribution in [1.82, 2.24) is 4.98 Å². The quantitative estimate of drug-likeness (QED) is 0.657. The van der Waals surface area contributed by atoms with Crippen LogP contribution in [0.2, 0.25) is 0 Å². The zero-order chi connectivity index (χ0) is 17.0. The van der Waals surface area contributed by atoms with Crippen molar-refractivity contribution < 1.29 is 14.3 Å². The zero-order valence-electron chi connectivity index (χ0n) is 14.0. The number of ketones is 1. The van der Waals surface area contributed by atoms with Crippen LogP contribution in [0.25, 0.3) is 0 Å². The molecule has 0 bridgehead atoms. The Morgan fingerprint density at radius 3 is 2.43 bits per heavy atom. The number of nitrogens with zero attached hydrogens (tertiary/aromatic N) is 1. The summed E-state index contributed by atoms with van der Waals surface area (Å²) >= 11 is 0. The lowest BCUT2D eigenvalue weighted by Crippen LogP contribution is -2.26. The van der Waals surface area contributed by atoms with Crippen molar-refractivity contribution in [1.29, 1.82) is 0 Å². The number of H-pyrrole nitrogens is 1. The fraction of sp³-hybridized carbons (Fsp3) is 0.333. The van der Waals surface area contributed by atoms with Gasteiger partial charge < -0.3 is 14.6 Å². The number of carbonyl (C=O) groups is 2. The topological polar surface area (TPSA) is 62.4 Å². The van der Waals surface area contributed by atoms with Gasteiger partial charge in [-0.3, -0.25) is 4.79 Å². The van der Waals surface area contributed by atoms with Crippen molar-refractivity contribution in [2.24, 2.45) is 0 Å². The molecule has 0 aliphatic heterocycles. The summed E-state index contributed by atoms with van der Waals surface area (Å²) in [5.74, 6) is -0.457. The molecule has 5 nitrogen and oxygen atoms in total. The van der Waals surface area contributed by atoms with Gasteiger partial charge in [-0.15, -0.1) is 0 Å². The second-order valence-electron chi connectivity index (χ2n) is 5.46. The van der Waals surface area contributed by atoms with Gasteiger partial charge >= 0.3 is 5.97 Å². The van der Waals surface area contributed by atoms with E-state index in [4.69, 9.17) is 4.74 Å². The Morgan fingerprint density at radius 1 is 1.17 bits per heavy atom. The first kappa shape index (κ1) is 16.8. The first-order valence-electron chi connectivity index (χ1n) is 7.61. The first-order chi connectivity index (χ1) is 11.0. The Morgan fingerprint density at radius 2 is 1.83 bits per heavy atom. The number of aromatic amines is 1. The molecular formula is C18H22N2O3. The van der Waals surface area contributed by atoms with Gasteiger partial charge in [0.05, 0.1) is 24.4 Å². The molecule has 0 radical (unpaired) electrons. The minimum absolute atomic E-state index is 0.0625. The summed E-state index contributed by atoms with van der Waals surface area (Å²) in [4.78, 5) is 29.5. The molecule has 1 N–H and O–H groups in total. The van der Waals surface area contributed by atoms with Crippen LogP contribution in [0, 0.1) is 13.8 Å². The van der Waals surface area contributed by atoms with E-state index in [9.17, 15) is 9.59 Å². The van der Waals surface area contributed by atoms with Gasteiger partial charge in [0.2, 0.25) is 0 Å². The predicted molar refractivity (Wildman–Crippen MR) is 90.3 cm³/mol. The van der Waals surface area contributed by atoms with Crippen LogP contribution in [0.3, 0.4) is 0 Å². The molecule has 0 aliphatic carbocycles. The van der Waals surface area contributed by atoms with E-state index in [-0.39, 0.29) is 12.3 Å². The van der Waals surface area contributed by atoms with Crippen LogP contribution in [-0.2, 0) is 4.74 Å². The van der Waals surface area contributed by atoms with Crippen molar-refractivity contribution >= 4 is 17.4 Å². The molecule has 0 atom stereocenters. The maximum atomic E-state index is 12.6. The summed E-state index contributed by atoms with van der Waals surface area (Å²) in [6.07, 6.45) is 0. The van der Waals surface area contributed by atoms with Gasteiger partial charge in [-0.25, -0.2) is 4.79 Å². The number of para-hydroxylation sites is 1. The lowest BCUT2D eigenvalue weighted by Gasteiger charge is -2.18. The Labute approximate surface area is 136 Å². The summed E-state index contributed by atoms with van der Waals surface area (Å²) in [5, 5.41) is 0. The summed E-state index contributed by atoms with van der Waals surface area (Å²) in [5.41, 5.74) is 3.19. The third-order valence-electron chi connectivity index (χ3n) is 3.77. The van der Waals surface area contributed by atoms with E-state index in [1.165, 1.54) is 0 Å². The second-order valence-corrected chi connectivity index (χ2v) is 5.46. The number of carbonyl (C=O) groups excluding carboxylic acids is 2. The molecule has 122 valence electrons. The van der Waals surface area contributed by atoms with Gasteiger partial charge in [0.1, 0.15) is 0 Å². The van der Waals surface area contributed by atoms with Gasteiger partial charge in [0.25, 0.3) is 0 Å². The second kappa shape index (κ2) is 7.13. The average molecular weight is 314 g/mol. The molecule has 0 saturated heterocycles. The number of hydrogen-bond donors (Lipinski definition) is 1. The summed E-state index contributed by atoms with van der Waals surface area (Å²) in [7, 11) is 1.87. The van der Waals surface area contributed by atoms with Crippen LogP contribution >= 0.6 is 0 Å². The number of anilines is 1. The van der Waals surface area contributed by atoms with E-state index in [1.54, 1.807) is 20.8 Å². The minimum atomic E-state index is -0.394. The zero-order valence-corrected chi connectivity index (χ0v) is 14.0. The fourth-order valence-corrected chi connectivity index (χ4v) is 2.61. The Kier molecular flexibility index (Phi) is 5.21. The highest BCUT2D eigenvalue weighted by atomic mass is 16.5. The van der Waals surface area contributed by atoms with Crippen molar-refractivity contribution in [3.8, 4) is 0 Å². The number of likely N-dealkylation sites (N-methyl/N-ethyl adjacent to an activating group) is 1. The number of rotatable bonds is 6. The number of esters is 1. The van der Waals surface area contributed by atoms with Crippen molar-refractivity contribution in [2.75, 3.05) is 25.1 Å². The highest BCUT2D eigenvalue weighted by molar-refractivity contribution is 6.03. The Hall–Kier alpha value is -2.56. The van der Waals surface area contributed by atoms with E-state index < -0.39 is 5.97 Å². The van der Waals surface area contributed by atoms with E-state index in [0.29, 0.717) is 29.1 Å². The molecule has 1 heterocycles. The maximum Gasteiger partial charge on any atom is 0.340 e. The third-order valence-corrected chi connectivity index (χ3v) is 3.77. The number of aromatic nitrogens is 1. The number of nitrogens with one attached hydrogen (secondary N) is 1. The van der Waals surface area contributed by atoms with Crippen molar-refractivity contribution in [3.05, 3.63) is 52.8 Å². The van der Waals surface area contributed by atoms with Crippen LogP contribution in [0.1, 0.15) is 39.0 Å². The molecule has 0 unspecified atom stereocenters. The third kappa shape index (κ3) is 3.62. The standard InChI is InChI=1S/C18H22N2O3/c1-5-23-18(22)16-12(2)17(19-13(16)3)15(21)11-20(4)14-9-7-6-8-10-14/h6-10,19H,5,11H2,1-4H3. The van der Waals surface area contributed by atoms with Crippen LogP contribution in [0.4, 0.5) is 5.69 Å². The summed E-state index contributed by atoms with van der Waals surface area (Å²) < 4.78 is 5.05. The molecule has 2 rings (SSSR count). The van der Waals surface area contributed by atoms with Crippen molar-refractivity contribution in [2.45, 2.75) is 20.8 Å². The number of Topliss-reactive ketones (excluding diaryl/α,β-unsaturated/α-hetero) is 1. The summed E-state index contributed by atoms with van der Waals surface area (Å²) in [6, 6.07) is 9.69.